The molecule has 21 heavy (non-hydrogen) atoms. The minimum atomic E-state index is -3.34. The van der Waals surface area contributed by atoms with Gasteiger partial charge in [0.05, 0.1) is 15.6 Å². The summed E-state index contributed by atoms with van der Waals surface area (Å²) in [7, 11) is -3.34. The van der Waals surface area contributed by atoms with E-state index in [0.29, 0.717) is 17.3 Å². The molecule has 1 aromatic carbocycles. The lowest BCUT2D eigenvalue weighted by atomic mass is 10.1. The second-order valence-electron chi connectivity index (χ2n) is 5.89. The predicted octanol–water partition coefficient (Wildman–Crippen LogP) is 2.46. The molecule has 0 aliphatic rings. The zero-order valence-electron chi connectivity index (χ0n) is 12.7. The van der Waals surface area contributed by atoms with E-state index in [2.05, 4.69) is 10.6 Å². The summed E-state index contributed by atoms with van der Waals surface area (Å²) in [6.07, 6.45) is 1.38. The van der Waals surface area contributed by atoms with Crippen LogP contribution in [-0.4, -0.2) is 32.7 Å². The molecule has 0 bridgehead atoms. The Morgan fingerprint density at radius 2 is 1.90 bits per heavy atom. The molecular weight excluding hydrogens is 312 g/mol. The quantitative estimate of drug-likeness (QED) is 0.868. The molecule has 2 N–H and O–H groups in total. The molecule has 0 aromatic heterocycles. The van der Waals surface area contributed by atoms with Crippen molar-refractivity contribution in [3.05, 3.63) is 23.2 Å². The van der Waals surface area contributed by atoms with Crippen molar-refractivity contribution in [1.29, 1.82) is 0 Å². The minimum absolute atomic E-state index is 0.0614. The number of halogens is 1. The maximum Gasteiger partial charge on any atom is 0.225 e. The van der Waals surface area contributed by atoms with Gasteiger partial charge in [0.2, 0.25) is 5.91 Å². The molecule has 0 heterocycles. The van der Waals surface area contributed by atoms with Crippen molar-refractivity contribution in [2.45, 2.75) is 37.6 Å². The molecule has 0 saturated carbocycles. The van der Waals surface area contributed by atoms with Crippen LogP contribution < -0.4 is 10.6 Å². The number of rotatable bonds is 5. The first-order chi connectivity index (χ1) is 9.49. The number of carbonyl (C=O) groups is 1. The van der Waals surface area contributed by atoms with E-state index in [1.807, 2.05) is 20.8 Å². The lowest BCUT2D eigenvalue weighted by molar-refractivity contribution is -0.116. The summed E-state index contributed by atoms with van der Waals surface area (Å²) < 4.78 is 23.0. The van der Waals surface area contributed by atoms with Crippen LogP contribution in [0.4, 0.5) is 5.69 Å². The molecule has 1 amide bonds. The van der Waals surface area contributed by atoms with E-state index in [1.165, 1.54) is 18.2 Å². The van der Waals surface area contributed by atoms with Gasteiger partial charge in [0, 0.05) is 24.8 Å². The molecule has 5 nitrogen and oxygen atoms in total. The number of benzene rings is 1. The van der Waals surface area contributed by atoms with Crippen molar-refractivity contribution in [2.75, 3.05) is 18.1 Å². The van der Waals surface area contributed by atoms with Crippen molar-refractivity contribution in [3.63, 3.8) is 0 Å². The normalized spacial score (nSPS) is 12.2. The lowest BCUT2D eigenvalue weighted by Crippen LogP contribution is -2.37. The second-order valence-corrected chi connectivity index (χ2v) is 8.31. The van der Waals surface area contributed by atoms with Gasteiger partial charge in [-0.15, -0.1) is 0 Å². The van der Waals surface area contributed by atoms with E-state index in [0.717, 1.165) is 6.26 Å². The molecule has 0 atom stereocenters. The van der Waals surface area contributed by atoms with E-state index < -0.39 is 9.84 Å². The smallest absolute Gasteiger partial charge is 0.225 e. The van der Waals surface area contributed by atoms with E-state index in [-0.39, 0.29) is 22.8 Å². The van der Waals surface area contributed by atoms with Crippen molar-refractivity contribution in [3.8, 4) is 0 Å². The van der Waals surface area contributed by atoms with Crippen LogP contribution in [0.2, 0.25) is 5.02 Å². The lowest BCUT2D eigenvalue weighted by Gasteiger charge is -2.20. The van der Waals surface area contributed by atoms with Gasteiger partial charge in [-0.1, -0.05) is 11.6 Å². The molecule has 0 radical (unpaired) electrons. The summed E-state index contributed by atoms with van der Waals surface area (Å²) >= 11 is 5.97. The number of sulfone groups is 1. The molecule has 1 aromatic rings. The molecule has 0 aliphatic carbocycles. The topological polar surface area (TPSA) is 75.3 Å². The number of nitrogens with one attached hydrogen (secondary N) is 2. The summed E-state index contributed by atoms with van der Waals surface area (Å²) in [5, 5.41) is 6.14. The Kier molecular flexibility index (Phi) is 5.78. The second kappa shape index (κ2) is 6.77. The van der Waals surface area contributed by atoms with E-state index >= 15 is 0 Å². The highest BCUT2D eigenvalue weighted by Crippen LogP contribution is 2.25. The van der Waals surface area contributed by atoms with Crippen LogP contribution in [0.1, 0.15) is 27.2 Å². The molecule has 7 heteroatoms. The van der Waals surface area contributed by atoms with Crippen molar-refractivity contribution < 1.29 is 13.2 Å². The van der Waals surface area contributed by atoms with Gasteiger partial charge in [0.1, 0.15) is 0 Å². The summed E-state index contributed by atoms with van der Waals surface area (Å²) in [5.74, 6) is -0.223. The van der Waals surface area contributed by atoms with Gasteiger partial charge in [-0.3, -0.25) is 4.79 Å². The van der Waals surface area contributed by atoms with Gasteiger partial charge in [-0.05, 0) is 39.0 Å². The Hall–Kier alpha value is -1.11. The fraction of sp³-hybridized carbons (Fsp3) is 0.500. The van der Waals surface area contributed by atoms with E-state index in [4.69, 9.17) is 11.6 Å². The number of anilines is 1. The summed E-state index contributed by atoms with van der Waals surface area (Å²) in [6, 6.07) is 4.24. The fourth-order valence-electron chi connectivity index (χ4n) is 1.59. The number of carbonyl (C=O) groups excluding carboxylic acids is 1. The first-order valence-corrected chi connectivity index (χ1v) is 8.80. The van der Waals surface area contributed by atoms with Gasteiger partial charge in [-0.2, -0.15) is 0 Å². The van der Waals surface area contributed by atoms with Crippen LogP contribution in [0.5, 0.6) is 0 Å². The van der Waals surface area contributed by atoms with Gasteiger partial charge in [0.15, 0.2) is 9.84 Å². The maximum atomic E-state index is 11.9. The highest BCUT2D eigenvalue weighted by molar-refractivity contribution is 7.90. The van der Waals surface area contributed by atoms with E-state index in [9.17, 15) is 13.2 Å². The van der Waals surface area contributed by atoms with Crippen LogP contribution in [0, 0.1) is 0 Å². The number of hydrogen-bond donors (Lipinski definition) is 2. The Morgan fingerprint density at radius 1 is 1.29 bits per heavy atom. The Morgan fingerprint density at radius 3 is 2.43 bits per heavy atom. The third-order valence-corrected chi connectivity index (χ3v) is 4.09. The SMILES string of the molecule is CC(C)(C)NCCC(=O)Nc1cc(S(C)(=O)=O)ccc1Cl. The number of amides is 1. The molecule has 0 spiro atoms. The van der Waals surface area contributed by atoms with Gasteiger partial charge < -0.3 is 10.6 Å². The van der Waals surface area contributed by atoms with Crippen LogP contribution >= 0.6 is 11.6 Å². The largest absolute Gasteiger partial charge is 0.325 e. The summed E-state index contributed by atoms with van der Waals surface area (Å²) in [6.45, 7) is 6.56. The highest BCUT2D eigenvalue weighted by Gasteiger charge is 2.13. The molecule has 0 unspecified atom stereocenters. The number of hydrogen-bond acceptors (Lipinski definition) is 4. The van der Waals surface area contributed by atoms with Gasteiger partial charge >= 0.3 is 0 Å². The molecule has 0 saturated heterocycles. The Labute approximate surface area is 131 Å². The average molecular weight is 333 g/mol. The minimum Gasteiger partial charge on any atom is -0.325 e. The third-order valence-electron chi connectivity index (χ3n) is 2.65. The average Bonchev–Trinajstić information content (AvgIpc) is 2.28. The van der Waals surface area contributed by atoms with Crippen molar-refractivity contribution in [1.82, 2.24) is 5.32 Å². The highest BCUT2D eigenvalue weighted by atomic mass is 35.5. The Bertz CT molecular complexity index is 622. The monoisotopic (exact) mass is 332 g/mol. The van der Waals surface area contributed by atoms with Crippen LogP contribution in [-0.2, 0) is 14.6 Å². The predicted molar refractivity (Wildman–Crippen MR) is 85.6 cm³/mol. The Balaban J connectivity index is 2.72. The van der Waals surface area contributed by atoms with Crippen LogP contribution in [0.25, 0.3) is 0 Å². The van der Waals surface area contributed by atoms with Crippen LogP contribution in [0.15, 0.2) is 23.1 Å². The van der Waals surface area contributed by atoms with E-state index in [1.54, 1.807) is 0 Å². The molecule has 118 valence electrons. The third kappa shape index (κ3) is 6.46. The first kappa shape index (κ1) is 17.9. The maximum absolute atomic E-state index is 11.9. The fourth-order valence-corrected chi connectivity index (χ4v) is 2.41. The van der Waals surface area contributed by atoms with Crippen molar-refractivity contribution >= 4 is 33.0 Å². The first-order valence-electron chi connectivity index (χ1n) is 6.53. The molecule has 1 rings (SSSR count). The zero-order valence-corrected chi connectivity index (χ0v) is 14.2. The standard InChI is InChI=1S/C14H21ClN2O3S/c1-14(2,3)16-8-7-13(18)17-12-9-10(21(4,19)20)5-6-11(12)15/h5-6,9,16H,7-8H2,1-4H3,(H,17,18). The van der Waals surface area contributed by atoms with Gasteiger partial charge in [-0.25, -0.2) is 8.42 Å². The van der Waals surface area contributed by atoms with Crippen molar-refractivity contribution in [2.24, 2.45) is 0 Å². The summed E-state index contributed by atoms with van der Waals surface area (Å²) in [4.78, 5) is 12.0. The molecular formula is C14H21ClN2O3S. The zero-order chi connectivity index (χ0) is 16.3. The molecule has 0 aliphatic heterocycles. The molecule has 0 fully saturated rings. The summed E-state index contributed by atoms with van der Waals surface area (Å²) in [5.41, 5.74) is 0.245. The van der Waals surface area contributed by atoms with Crippen LogP contribution in [0.3, 0.4) is 0 Å². The van der Waals surface area contributed by atoms with Gasteiger partial charge in [0.25, 0.3) is 0 Å².